The van der Waals surface area contributed by atoms with Gasteiger partial charge in [-0.3, -0.25) is 4.79 Å². The highest BCUT2D eigenvalue weighted by atomic mass is 32.2. The molecule has 0 aliphatic rings. The number of amides is 1. The quantitative estimate of drug-likeness (QED) is 0.625. The van der Waals surface area contributed by atoms with Crippen LogP contribution in [-0.4, -0.2) is 34.6 Å². The van der Waals surface area contributed by atoms with Crippen LogP contribution in [0.1, 0.15) is 22.8 Å². The highest BCUT2D eigenvalue weighted by Gasteiger charge is 2.14. The van der Waals surface area contributed by atoms with Gasteiger partial charge in [0, 0.05) is 12.1 Å². The van der Waals surface area contributed by atoms with Crippen LogP contribution >= 0.6 is 0 Å². The zero-order valence-electron chi connectivity index (χ0n) is 15.7. The third kappa shape index (κ3) is 5.49. The first-order valence-corrected chi connectivity index (χ1v) is 10.0. The zero-order valence-corrected chi connectivity index (χ0v) is 16.5. The lowest BCUT2D eigenvalue weighted by Crippen LogP contribution is -2.25. The van der Waals surface area contributed by atoms with Crippen molar-refractivity contribution in [1.29, 1.82) is 0 Å². The molecule has 2 N–H and O–H groups in total. The van der Waals surface area contributed by atoms with Crippen molar-refractivity contribution in [3.8, 4) is 23.8 Å². The maximum Gasteiger partial charge on any atom is 0.251 e. The van der Waals surface area contributed by atoms with Gasteiger partial charge < -0.3 is 14.8 Å². The molecule has 2 rings (SSSR count). The highest BCUT2D eigenvalue weighted by Crippen LogP contribution is 2.28. The second-order valence-corrected chi connectivity index (χ2v) is 7.42. The lowest BCUT2D eigenvalue weighted by atomic mass is 10.1. The van der Waals surface area contributed by atoms with Gasteiger partial charge in [-0.25, -0.2) is 8.42 Å². The molecule has 7 nitrogen and oxygen atoms in total. The molecule has 0 unspecified atom stereocenters. The number of carbonyl (C=O) groups is 1. The van der Waals surface area contributed by atoms with Crippen LogP contribution in [0, 0.1) is 12.3 Å². The summed E-state index contributed by atoms with van der Waals surface area (Å²) in [6.45, 7) is 2.59. The van der Waals surface area contributed by atoms with Crippen molar-refractivity contribution in [2.75, 3.05) is 20.3 Å². The average molecular weight is 402 g/mol. The van der Waals surface area contributed by atoms with Crippen LogP contribution in [0.4, 0.5) is 0 Å². The van der Waals surface area contributed by atoms with E-state index in [0.717, 1.165) is 5.56 Å². The normalized spacial score (nSPS) is 10.8. The van der Waals surface area contributed by atoms with Crippen LogP contribution in [0.3, 0.4) is 0 Å². The molecule has 28 heavy (non-hydrogen) atoms. The first-order valence-electron chi connectivity index (χ1n) is 8.52. The molecule has 0 heterocycles. The third-order valence-electron chi connectivity index (χ3n) is 3.77. The van der Waals surface area contributed by atoms with Gasteiger partial charge in [0.1, 0.15) is 0 Å². The smallest absolute Gasteiger partial charge is 0.251 e. The molecule has 8 heteroatoms. The van der Waals surface area contributed by atoms with Gasteiger partial charge in [-0.15, -0.1) is 6.42 Å². The fourth-order valence-corrected chi connectivity index (χ4v) is 3.32. The number of methoxy groups -OCH3 is 1. The summed E-state index contributed by atoms with van der Waals surface area (Å²) >= 11 is 0. The number of carbonyl (C=O) groups excluding carboxylic acids is 1. The summed E-state index contributed by atoms with van der Waals surface area (Å²) in [5.74, 6) is 3.10. The second kappa shape index (κ2) is 9.78. The minimum absolute atomic E-state index is 0.0375. The first kappa shape index (κ1) is 21.3. The Morgan fingerprint density at radius 1 is 1.14 bits per heavy atom. The number of nitrogens with one attached hydrogen (secondary N) is 2. The number of hydrogen-bond donors (Lipinski definition) is 2. The monoisotopic (exact) mass is 402 g/mol. The van der Waals surface area contributed by atoms with Crippen molar-refractivity contribution in [2.45, 2.75) is 18.4 Å². The maximum atomic E-state index is 12.3. The summed E-state index contributed by atoms with van der Waals surface area (Å²) in [5, 5.41) is 2.78. The van der Waals surface area contributed by atoms with E-state index in [9.17, 15) is 13.2 Å². The Balaban J connectivity index is 2.03. The number of terminal acetylenes is 1. The van der Waals surface area contributed by atoms with Crippen LogP contribution in [0.5, 0.6) is 11.5 Å². The van der Waals surface area contributed by atoms with Crippen LogP contribution in [0.25, 0.3) is 0 Å². The van der Waals surface area contributed by atoms with Gasteiger partial charge in [0.05, 0.1) is 25.2 Å². The van der Waals surface area contributed by atoms with Gasteiger partial charge in [0.2, 0.25) is 10.0 Å². The average Bonchev–Trinajstić information content (AvgIpc) is 2.71. The minimum atomic E-state index is -3.69. The Morgan fingerprint density at radius 2 is 1.86 bits per heavy atom. The molecule has 2 aromatic rings. The van der Waals surface area contributed by atoms with Gasteiger partial charge in [-0.2, -0.15) is 4.72 Å². The second-order valence-electron chi connectivity index (χ2n) is 5.65. The summed E-state index contributed by atoms with van der Waals surface area (Å²) in [6, 6.07) is 11.0. The van der Waals surface area contributed by atoms with Gasteiger partial charge >= 0.3 is 0 Å². The molecule has 0 aromatic heterocycles. The van der Waals surface area contributed by atoms with Gasteiger partial charge in [0.15, 0.2) is 11.5 Å². The fourth-order valence-electron chi connectivity index (χ4n) is 2.39. The predicted octanol–water partition coefficient (Wildman–Crippen LogP) is 1.94. The summed E-state index contributed by atoms with van der Waals surface area (Å²) in [5.41, 5.74) is 1.18. The molecule has 0 bridgehead atoms. The lowest BCUT2D eigenvalue weighted by Gasteiger charge is -2.12. The molecule has 2 aromatic carbocycles. The van der Waals surface area contributed by atoms with Crippen molar-refractivity contribution in [3.05, 3.63) is 53.6 Å². The van der Waals surface area contributed by atoms with Crippen LogP contribution in [0.2, 0.25) is 0 Å². The standard InChI is InChI=1S/C20H22N2O5S/c1-4-12-22-28(24,25)17-9-7-16(8-10-17)20(23)21-14-15-6-11-18(27-5-2)19(13-15)26-3/h1,6-11,13,22H,5,12,14H2,2-3H3,(H,21,23). The summed E-state index contributed by atoms with van der Waals surface area (Å²) in [7, 11) is -2.14. The van der Waals surface area contributed by atoms with Crippen molar-refractivity contribution in [1.82, 2.24) is 10.0 Å². The molecular weight excluding hydrogens is 380 g/mol. The van der Waals surface area contributed by atoms with Crippen LogP contribution in [0.15, 0.2) is 47.4 Å². The Bertz CT molecular complexity index is 963. The maximum absolute atomic E-state index is 12.3. The van der Waals surface area contributed by atoms with Gasteiger partial charge in [-0.05, 0) is 48.9 Å². The van der Waals surface area contributed by atoms with Crippen LogP contribution < -0.4 is 19.5 Å². The molecule has 1 amide bonds. The van der Waals surface area contributed by atoms with E-state index >= 15 is 0 Å². The van der Waals surface area contributed by atoms with E-state index in [1.807, 2.05) is 13.0 Å². The number of ether oxygens (including phenoxy) is 2. The van der Waals surface area contributed by atoms with E-state index < -0.39 is 10.0 Å². The lowest BCUT2D eigenvalue weighted by molar-refractivity contribution is 0.0950. The molecule has 0 radical (unpaired) electrons. The molecule has 0 saturated carbocycles. The zero-order chi connectivity index (χ0) is 20.6. The van der Waals surface area contributed by atoms with E-state index in [1.165, 1.54) is 24.3 Å². The Labute approximate surface area is 165 Å². The Kier molecular flexibility index (Phi) is 7.44. The minimum Gasteiger partial charge on any atom is -0.493 e. The van der Waals surface area contributed by atoms with Crippen molar-refractivity contribution < 1.29 is 22.7 Å². The molecule has 0 aliphatic heterocycles. The summed E-state index contributed by atoms with van der Waals surface area (Å²) < 4.78 is 37.0. The van der Waals surface area contributed by atoms with E-state index in [0.29, 0.717) is 23.7 Å². The topological polar surface area (TPSA) is 93.7 Å². The van der Waals surface area contributed by atoms with E-state index in [2.05, 4.69) is 16.0 Å². The SMILES string of the molecule is C#CCNS(=O)(=O)c1ccc(C(=O)NCc2ccc(OCC)c(OC)c2)cc1. The van der Waals surface area contributed by atoms with Gasteiger partial charge in [-0.1, -0.05) is 12.0 Å². The first-order chi connectivity index (χ1) is 13.4. The van der Waals surface area contributed by atoms with E-state index in [-0.39, 0.29) is 23.9 Å². The Hall–Kier alpha value is -3.02. The van der Waals surface area contributed by atoms with Crippen molar-refractivity contribution >= 4 is 15.9 Å². The van der Waals surface area contributed by atoms with E-state index in [4.69, 9.17) is 15.9 Å². The molecule has 0 aliphatic carbocycles. The molecule has 0 saturated heterocycles. The number of rotatable bonds is 9. The molecule has 0 spiro atoms. The molecule has 148 valence electrons. The van der Waals surface area contributed by atoms with Gasteiger partial charge in [0.25, 0.3) is 5.91 Å². The molecular formula is C20H22N2O5S. The van der Waals surface area contributed by atoms with Crippen LogP contribution in [-0.2, 0) is 16.6 Å². The largest absolute Gasteiger partial charge is 0.493 e. The third-order valence-corrected chi connectivity index (χ3v) is 5.19. The Morgan fingerprint density at radius 3 is 2.46 bits per heavy atom. The fraction of sp³-hybridized carbons (Fsp3) is 0.250. The summed E-state index contributed by atoms with van der Waals surface area (Å²) in [4.78, 5) is 12.4. The predicted molar refractivity (Wildman–Crippen MR) is 106 cm³/mol. The van der Waals surface area contributed by atoms with Crippen molar-refractivity contribution in [2.24, 2.45) is 0 Å². The summed E-state index contributed by atoms with van der Waals surface area (Å²) in [6.07, 6.45) is 5.06. The number of benzene rings is 2. The van der Waals surface area contributed by atoms with Crippen molar-refractivity contribution in [3.63, 3.8) is 0 Å². The molecule has 0 atom stereocenters. The number of sulfonamides is 1. The van der Waals surface area contributed by atoms with E-state index in [1.54, 1.807) is 19.2 Å². The number of hydrogen-bond acceptors (Lipinski definition) is 5. The highest BCUT2D eigenvalue weighted by molar-refractivity contribution is 7.89. The molecule has 0 fully saturated rings.